The number of hydrogen-bond donors (Lipinski definition) is 3. The minimum atomic E-state index is -0.272. The highest BCUT2D eigenvalue weighted by Gasteiger charge is 2.13. The van der Waals surface area contributed by atoms with Crippen molar-refractivity contribution in [3.05, 3.63) is 59.8 Å². The molecule has 0 unspecified atom stereocenters. The summed E-state index contributed by atoms with van der Waals surface area (Å²) in [6.45, 7) is 4.01. The van der Waals surface area contributed by atoms with Crippen LogP contribution >= 0.6 is 0 Å². The second-order valence-electron chi connectivity index (χ2n) is 6.32. The third kappa shape index (κ3) is 5.79. The summed E-state index contributed by atoms with van der Waals surface area (Å²) in [7, 11) is 0. The van der Waals surface area contributed by atoms with Crippen molar-refractivity contribution in [3.63, 3.8) is 0 Å². The van der Waals surface area contributed by atoms with E-state index in [0.29, 0.717) is 17.0 Å². The molecule has 29 heavy (non-hydrogen) atoms. The number of aryl methyl sites for hydroxylation is 1. The van der Waals surface area contributed by atoms with E-state index in [9.17, 15) is 9.90 Å². The predicted molar refractivity (Wildman–Crippen MR) is 106 cm³/mol. The van der Waals surface area contributed by atoms with Crippen molar-refractivity contribution in [2.45, 2.75) is 19.9 Å². The van der Waals surface area contributed by atoms with Crippen molar-refractivity contribution in [1.29, 1.82) is 0 Å². The smallest absolute Gasteiger partial charge is 0.373 e. The molecule has 0 saturated heterocycles. The van der Waals surface area contributed by atoms with Gasteiger partial charge in [0.1, 0.15) is 18.1 Å². The Balaban J connectivity index is 0.000000941. The Morgan fingerprint density at radius 2 is 1.93 bits per heavy atom. The standard InChI is InChI=1S/C20H21N3O3.CO2/c1-12-9-16(21)19-17(22-12)7-4-8-18(19)26-11-13(2)23-20(25)14-5-3-6-15(24)10-14;2-1-3/h3-10,13,24H,11H2,1-2H3,(H2,21,22)(H,23,25);/t13-;/m1./s1. The number of phenolic OH excluding ortho intramolecular Hbond substituents is 1. The van der Waals surface area contributed by atoms with Gasteiger partial charge in [-0.15, -0.1) is 0 Å². The number of nitrogens with zero attached hydrogens (tertiary/aromatic N) is 1. The lowest BCUT2D eigenvalue weighted by atomic mass is 10.1. The molecule has 0 bridgehead atoms. The second kappa shape index (κ2) is 9.87. The molecule has 3 aromatic rings. The number of aromatic hydroxyl groups is 1. The van der Waals surface area contributed by atoms with E-state index < -0.39 is 0 Å². The van der Waals surface area contributed by atoms with E-state index in [0.717, 1.165) is 16.6 Å². The third-order valence-electron chi connectivity index (χ3n) is 3.93. The summed E-state index contributed by atoms with van der Waals surface area (Å²) >= 11 is 0. The second-order valence-corrected chi connectivity index (χ2v) is 6.32. The van der Waals surface area contributed by atoms with Crippen LogP contribution in [-0.4, -0.2) is 34.8 Å². The number of fused-ring (bicyclic) bond motifs is 1. The monoisotopic (exact) mass is 395 g/mol. The number of aromatic nitrogens is 1. The molecule has 0 aliphatic heterocycles. The van der Waals surface area contributed by atoms with Crippen LogP contribution in [0, 0.1) is 6.92 Å². The van der Waals surface area contributed by atoms with Crippen molar-refractivity contribution < 1.29 is 24.2 Å². The van der Waals surface area contributed by atoms with E-state index in [1.165, 1.54) is 12.1 Å². The summed E-state index contributed by atoms with van der Waals surface area (Å²) in [6, 6.07) is 13.4. The van der Waals surface area contributed by atoms with Crippen molar-refractivity contribution in [3.8, 4) is 11.5 Å². The third-order valence-corrected chi connectivity index (χ3v) is 3.93. The summed E-state index contributed by atoms with van der Waals surface area (Å²) in [4.78, 5) is 32.9. The van der Waals surface area contributed by atoms with Gasteiger partial charge in [-0.2, -0.15) is 9.59 Å². The molecule has 150 valence electrons. The molecule has 8 heteroatoms. The summed E-state index contributed by atoms with van der Waals surface area (Å²) in [6.07, 6.45) is 0.250. The van der Waals surface area contributed by atoms with Gasteiger partial charge in [0.2, 0.25) is 0 Å². The highest BCUT2D eigenvalue weighted by Crippen LogP contribution is 2.30. The number of carbonyl (C=O) groups excluding carboxylic acids is 3. The van der Waals surface area contributed by atoms with Gasteiger partial charge in [-0.05, 0) is 50.2 Å². The Morgan fingerprint density at radius 1 is 1.24 bits per heavy atom. The number of benzene rings is 2. The van der Waals surface area contributed by atoms with Crippen LogP contribution in [0.3, 0.4) is 0 Å². The van der Waals surface area contributed by atoms with Crippen LogP contribution < -0.4 is 15.8 Å². The normalized spacial score (nSPS) is 11.0. The molecule has 3 rings (SSSR count). The maximum Gasteiger partial charge on any atom is 0.373 e. The SMILES string of the molecule is Cc1cc(N)c2c(OC[C@@H](C)NC(=O)c3cccc(O)c3)cccc2n1.O=C=O. The Labute approximate surface area is 167 Å². The fourth-order valence-electron chi connectivity index (χ4n) is 2.75. The molecule has 1 aromatic heterocycles. The van der Waals surface area contributed by atoms with E-state index >= 15 is 0 Å². The van der Waals surface area contributed by atoms with Crippen LogP contribution in [0.1, 0.15) is 23.0 Å². The number of hydrogen-bond acceptors (Lipinski definition) is 7. The largest absolute Gasteiger partial charge is 0.508 e. The summed E-state index contributed by atoms with van der Waals surface area (Å²) in [5, 5.41) is 13.1. The van der Waals surface area contributed by atoms with Gasteiger partial charge in [0, 0.05) is 16.9 Å². The van der Waals surface area contributed by atoms with Crippen molar-refractivity contribution in [2.24, 2.45) is 0 Å². The first-order valence-corrected chi connectivity index (χ1v) is 8.73. The van der Waals surface area contributed by atoms with E-state index in [1.807, 2.05) is 38.1 Å². The minimum Gasteiger partial charge on any atom is -0.508 e. The molecule has 2 aromatic carbocycles. The maximum atomic E-state index is 12.2. The van der Waals surface area contributed by atoms with E-state index in [-0.39, 0.29) is 30.5 Å². The lowest BCUT2D eigenvalue weighted by molar-refractivity contribution is -0.191. The number of carbonyl (C=O) groups is 1. The van der Waals surface area contributed by atoms with Crippen LogP contribution in [-0.2, 0) is 9.59 Å². The Bertz CT molecular complexity index is 1050. The first-order chi connectivity index (χ1) is 13.8. The molecular formula is C21H21N3O5. The molecule has 1 atom stereocenters. The summed E-state index contributed by atoms with van der Waals surface area (Å²) < 4.78 is 5.88. The van der Waals surface area contributed by atoms with E-state index in [4.69, 9.17) is 20.1 Å². The molecule has 0 fully saturated rings. The number of nitrogens with one attached hydrogen (secondary N) is 1. The molecule has 1 amide bonds. The number of phenols is 1. The van der Waals surface area contributed by atoms with Crippen molar-refractivity contribution >= 4 is 28.6 Å². The summed E-state index contributed by atoms with van der Waals surface area (Å²) in [5.74, 6) is 0.410. The average molecular weight is 395 g/mol. The average Bonchev–Trinajstić information content (AvgIpc) is 2.66. The van der Waals surface area contributed by atoms with Gasteiger partial charge in [-0.1, -0.05) is 12.1 Å². The summed E-state index contributed by atoms with van der Waals surface area (Å²) in [5.41, 5.74) is 8.75. The van der Waals surface area contributed by atoms with Gasteiger partial charge in [-0.3, -0.25) is 9.78 Å². The Kier molecular flexibility index (Phi) is 7.28. The molecule has 1 heterocycles. The molecule has 0 radical (unpaired) electrons. The van der Waals surface area contributed by atoms with Crippen LogP contribution in [0.15, 0.2) is 48.5 Å². The lowest BCUT2D eigenvalue weighted by Gasteiger charge is -2.17. The van der Waals surface area contributed by atoms with Crippen LogP contribution in [0.2, 0.25) is 0 Å². The molecule has 8 nitrogen and oxygen atoms in total. The number of nitrogen functional groups attached to an aromatic ring is 1. The minimum absolute atomic E-state index is 0.0515. The Hall–Kier alpha value is -3.90. The topological polar surface area (TPSA) is 132 Å². The van der Waals surface area contributed by atoms with Gasteiger partial charge >= 0.3 is 6.15 Å². The number of pyridine rings is 1. The van der Waals surface area contributed by atoms with Gasteiger partial charge < -0.3 is 20.9 Å². The highest BCUT2D eigenvalue weighted by atomic mass is 16.5. The molecule has 0 saturated carbocycles. The maximum absolute atomic E-state index is 12.2. The molecule has 0 aliphatic carbocycles. The fourth-order valence-corrected chi connectivity index (χ4v) is 2.75. The number of amides is 1. The van der Waals surface area contributed by atoms with Crippen molar-refractivity contribution in [1.82, 2.24) is 10.3 Å². The van der Waals surface area contributed by atoms with Crippen LogP contribution in [0.4, 0.5) is 5.69 Å². The van der Waals surface area contributed by atoms with Gasteiger partial charge in [0.25, 0.3) is 5.91 Å². The van der Waals surface area contributed by atoms with Crippen LogP contribution in [0.25, 0.3) is 10.9 Å². The number of rotatable bonds is 5. The highest BCUT2D eigenvalue weighted by molar-refractivity contribution is 5.96. The lowest BCUT2D eigenvalue weighted by Crippen LogP contribution is -2.36. The quantitative estimate of drug-likeness (QED) is 0.604. The number of ether oxygens (including phenoxy) is 1. The zero-order chi connectivity index (χ0) is 21.4. The zero-order valence-electron chi connectivity index (χ0n) is 16.0. The molecule has 0 aliphatic rings. The van der Waals surface area contributed by atoms with Gasteiger partial charge in [0.15, 0.2) is 0 Å². The predicted octanol–water partition coefficient (Wildman–Crippen LogP) is 2.44. The molecular weight excluding hydrogens is 374 g/mol. The van der Waals surface area contributed by atoms with Gasteiger partial charge in [-0.25, -0.2) is 0 Å². The number of nitrogens with two attached hydrogens (primary N) is 1. The Morgan fingerprint density at radius 3 is 2.62 bits per heavy atom. The van der Waals surface area contributed by atoms with E-state index in [2.05, 4.69) is 10.3 Å². The first kappa shape index (κ1) is 21.4. The molecule has 0 spiro atoms. The van der Waals surface area contributed by atoms with Gasteiger partial charge in [0.05, 0.1) is 16.9 Å². The van der Waals surface area contributed by atoms with Crippen molar-refractivity contribution in [2.75, 3.05) is 12.3 Å². The number of anilines is 1. The first-order valence-electron chi connectivity index (χ1n) is 8.73. The van der Waals surface area contributed by atoms with E-state index in [1.54, 1.807) is 12.1 Å². The fraction of sp³-hybridized carbons (Fsp3) is 0.190. The zero-order valence-corrected chi connectivity index (χ0v) is 16.0. The van der Waals surface area contributed by atoms with Crippen LogP contribution in [0.5, 0.6) is 11.5 Å². The molecule has 4 N–H and O–H groups in total.